The molecule has 0 atom stereocenters. The fourth-order valence-corrected chi connectivity index (χ4v) is 1.95. The summed E-state index contributed by atoms with van der Waals surface area (Å²) in [5, 5.41) is 3.24. The third-order valence-corrected chi connectivity index (χ3v) is 2.93. The van der Waals surface area contributed by atoms with Gasteiger partial charge in [0.1, 0.15) is 11.6 Å². The topological polar surface area (TPSA) is 15.3 Å². The van der Waals surface area contributed by atoms with Crippen LogP contribution in [0.3, 0.4) is 0 Å². The molecule has 1 aromatic carbocycles. The molecule has 4 heteroatoms. The zero-order valence-electron chi connectivity index (χ0n) is 9.39. The van der Waals surface area contributed by atoms with E-state index in [-0.39, 0.29) is 0 Å². The highest BCUT2D eigenvalue weighted by atomic mass is 19.1. The number of piperazine rings is 1. The first kappa shape index (κ1) is 11.5. The molecule has 1 saturated heterocycles. The van der Waals surface area contributed by atoms with Crippen molar-refractivity contribution < 1.29 is 8.78 Å². The number of hydrogen-bond donors (Lipinski definition) is 1. The maximum Gasteiger partial charge on any atom is 0.130 e. The van der Waals surface area contributed by atoms with Crippen LogP contribution >= 0.6 is 0 Å². The fourth-order valence-electron chi connectivity index (χ4n) is 1.95. The smallest absolute Gasteiger partial charge is 0.130 e. The van der Waals surface area contributed by atoms with Crippen molar-refractivity contribution in [1.29, 1.82) is 0 Å². The van der Waals surface area contributed by atoms with Gasteiger partial charge in [-0.25, -0.2) is 8.78 Å². The average Bonchev–Trinajstić information content (AvgIpc) is 2.27. The standard InChI is InChI=1S/C12H16F2N2/c1-9-6-10(12(14)7-11(9)13)8-16-4-2-15-3-5-16/h6-7,15H,2-5,8H2,1H3. The average molecular weight is 226 g/mol. The van der Waals surface area contributed by atoms with Gasteiger partial charge < -0.3 is 5.32 Å². The van der Waals surface area contributed by atoms with Gasteiger partial charge >= 0.3 is 0 Å². The van der Waals surface area contributed by atoms with Crippen LogP contribution in [-0.4, -0.2) is 31.1 Å². The van der Waals surface area contributed by atoms with Crippen LogP contribution in [-0.2, 0) is 6.54 Å². The molecule has 1 heterocycles. The Morgan fingerprint density at radius 1 is 1.19 bits per heavy atom. The minimum Gasteiger partial charge on any atom is -0.314 e. The first-order chi connectivity index (χ1) is 7.66. The van der Waals surface area contributed by atoms with Crippen LogP contribution < -0.4 is 5.32 Å². The first-order valence-electron chi connectivity index (χ1n) is 5.54. The lowest BCUT2D eigenvalue weighted by atomic mass is 10.1. The maximum absolute atomic E-state index is 13.5. The van der Waals surface area contributed by atoms with Crippen molar-refractivity contribution in [1.82, 2.24) is 10.2 Å². The Balaban J connectivity index is 2.11. The predicted octanol–water partition coefficient (Wildman–Crippen LogP) is 1.68. The Kier molecular flexibility index (Phi) is 3.51. The van der Waals surface area contributed by atoms with Crippen LogP contribution in [0.25, 0.3) is 0 Å². The fraction of sp³-hybridized carbons (Fsp3) is 0.500. The summed E-state index contributed by atoms with van der Waals surface area (Å²) < 4.78 is 26.6. The van der Waals surface area contributed by atoms with Gasteiger partial charge in [0.15, 0.2) is 0 Å². The van der Waals surface area contributed by atoms with Gasteiger partial charge in [0, 0.05) is 44.4 Å². The molecular weight excluding hydrogens is 210 g/mol. The zero-order valence-corrected chi connectivity index (χ0v) is 9.39. The van der Waals surface area contributed by atoms with Crippen LogP contribution in [0, 0.1) is 18.6 Å². The van der Waals surface area contributed by atoms with Crippen LogP contribution in [0.15, 0.2) is 12.1 Å². The number of rotatable bonds is 2. The molecule has 2 rings (SSSR count). The van der Waals surface area contributed by atoms with Crippen molar-refractivity contribution in [2.75, 3.05) is 26.2 Å². The van der Waals surface area contributed by atoms with Gasteiger partial charge in [-0.3, -0.25) is 4.90 Å². The van der Waals surface area contributed by atoms with Crippen molar-refractivity contribution in [2.24, 2.45) is 0 Å². The van der Waals surface area contributed by atoms with Gasteiger partial charge in [-0.2, -0.15) is 0 Å². The summed E-state index contributed by atoms with van der Waals surface area (Å²) in [6.45, 7) is 5.92. The monoisotopic (exact) mass is 226 g/mol. The summed E-state index contributed by atoms with van der Waals surface area (Å²) >= 11 is 0. The quantitative estimate of drug-likeness (QED) is 0.825. The Morgan fingerprint density at radius 2 is 1.88 bits per heavy atom. The molecule has 0 bridgehead atoms. The highest BCUT2D eigenvalue weighted by molar-refractivity contribution is 5.25. The molecule has 0 aromatic heterocycles. The Bertz CT molecular complexity index is 374. The molecule has 0 radical (unpaired) electrons. The van der Waals surface area contributed by atoms with Gasteiger partial charge in [-0.1, -0.05) is 0 Å². The largest absolute Gasteiger partial charge is 0.314 e. The molecule has 1 aliphatic heterocycles. The summed E-state index contributed by atoms with van der Waals surface area (Å²) in [6, 6.07) is 2.58. The number of hydrogen-bond acceptors (Lipinski definition) is 2. The number of benzene rings is 1. The zero-order chi connectivity index (χ0) is 11.5. The van der Waals surface area contributed by atoms with Gasteiger partial charge in [0.05, 0.1) is 0 Å². The van der Waals surface area contributed by atoms with E-state index in [0.717, 1.165) is 32.2 Å². The molecule has 16 heavy (non-hydrogen) atoms. The van der Waals surface area contributed by atoms with E-state index in [1.807, 2.05) is 0 Å². The van der Waals surface area contributed by atoms with E-state index in [4.69, 9.17) is 0 Å². The summed E-state index contributed by atoms with van der Waals surface area (Å²) in [5.41, 5.74) is 1.09. The number of aryl methyl sites for hydroxylation is 1. The second-order valence-electron chi connectivity index (χ2n) is 4.22. The molecule has 1 aliphatic rings. The summed E-state index contributed by atoms with van der Waals surface area (Å²) in [5.74, 6) is -0.914. The maximum atomic E-state index is 13.5. The minimum absolute atomic E-state index is 0.443. The van der Waals surface area contributed by atoms with E-state index in [0.29, 0.717) is 17.7 Å². The van der Waals surface area contributed by atoms with E-state index >= 15 is 0 Å². The van der Waals surface area contributed by atoms with Crippen LogP contribution in [0.2, 0.25) is 0 Å². The van der Waals surface area contributed by atoms with Gasteiger partial charge in [0.2, 0.25) is 0 Å². The SMILES string of the molecule is Cc1cc(CN2CCNCC2)c(F)cc1F. The van der Waals surface area contributed by atoms with E-state index in [1.54, 1.807) is 13.0 Å². The highest BCUT2D eigenvalue weighted by Crippen LogP contribution is 2.16. The number of halogens is 2. The van der Waals surface area contributed by atoms with Crippen LogP contribution in [0.4, 0.5) is 8.78 Å². The third-order valence-electron chi connectivity index (χ3n) is 2.93. The second kappa shape index (κ2) is 4.89. The molecule has 0 saturated carbocycles. The van der Waals surface area contributed by atoms with E-state index in [1.165, 1.54) is 0 Å². The van der Waals surface area contributed by atoms with Crippen molar-refractivity contribution in [2.45, 2.75) is 13.5 Å². The first-order valence-corrected chi connectivity index (χ1v) is 5.54. The molecule has 1 aromatic rings. The van der Waals surface area contributed by atoms with Gasteiger partial charge in [-0.05, 0) is 18.6 Å². The molecule has 1 N–H and O–H groups in total. The molecule has 88 valence electrons. The van der Waals surface area contributed by atoms with E-state index < -0.39 is 11.6 Å². The van der Waals surface area contributed by atoms with Gasteiger partial charge in [-0.15, -0.1) is 0 Å². The summed E-state index contributed by atoms with van der Waals surface area (Å²) in [4.78, 5) is 2.17. The number of nitrogens with zero attached hydrogens (tertiary/aromatic N) is 1. The molecule has 0 unspecified atom stereocenters. The van der Waals surface area contributed by atoms with Crippen molar-refractivity contribution >= 4 is 0 Å². The Morgan fingerprint density at radius 3 is 2.56 bits per heavy atom. The van der Waals surface area contributed by atoms with Gasteiger partial charge in [0.25, 0.3) is 0 Å². The lowest BCUT2D eigenvalue weighted by Gasteiger charge is -2.27. The lowest BCUT2D eigenvalue weighted by molar-refractivity contribution is 0.230. The molecule has 1 fully saturated rings. The lowest BCUT2D eigenvalue weighted by Crippen LogP contribution is -2.43. The molecule has 2 nitrogen and oxygen atoms in total. The van der Waals surface area contributed by atoms with Crippen molar-refractivity contribution in [3.63, 3.8) is 0 Å². The highest BCUT2D eigenvalue weighted by Gasteiger charge is 2.13. The normalized spacial score (nSPS) is 17.7. The van der Waals surface area contributed by atoms with Crippen LogP contribution in [0.5, 0.6) is 0 Å². The second-order valence-corrected chi connectivity index (χ2v) is 4.22. The third kappa shape index (κ3) is 2.57. The summed E-state index contributed by atoms with van der Waals surface area (Å²) in [7, 11) is 0. The molecular formula is C12H16F2N2. The van der Waals surface area contributed by atoms with Crippen molar-refractivity contribution in [3.05, 3.63) is 34.9 Å². The van der Waals surface area contributed by atoms with E-state index in [2.05, 4.69) is 10.2 Å². The minimum atomic E-state index is -0.471. The number of nitrogens with one attached hydrogen (secondary N) is 1. The molecule has 0 aliphatic carbocycles. The van der Waals surface area contributed by atoms with Crippen LogP contribution in [0.1, 0.15) is 11.1 Å². The molecule has 0 amide bonds. The summed E-state index contributed by atoms with van der Waals surface area (Å²) in [6.07, 6.45) is 0. The Hall–Kier alpha value is -1.00. The van der Waals surface area contributed by atoms with Crippen molar-refractivity contribution in [3.8, 4) is 0 Å². The molecule has 0 spiro atoms. The predicted molar refractivity (Wildman–Crippen MR) is 59.2 cm³/mol. The Labute approximate surface area is 94.3 Å². The van der Waals surface area contributed by atoms with E-state index in [9.17, 15) is 8.78 Å².